The maximum absolute atomic E-state index is 5.93. The first-order valence-electron chi connectivity index (χ1n) is 9.30. The Morgan fingerprint density at radius 3 is 2.73 bits per heavy atom. The van der Waals surface area contributed by atoms with E-state index in [-0.39, 0.29) is 0 Å². The van der Waals surface area contributed by atoms with Gasteiger partial charge in [0.2, 0.25) is 12.3 Å². The fourth-order valence-corrected chi connectivity index (χ4v) is 3.63. The number of ether oxygens (including phenoxy) is 1. The first-order chi connectivity index (χ1) is 14.8. The van der Waals surface area contributed by atoms with Crippen LogP contribution in [0.25, 0.3) is 22.6 Å². The van der Waals surface area contributed by atoms with Crippen LogP contribution in [0.5, 0.6) is 5.75 Å². The van der Waals surface area contributed by atoms with Gasteiger partial charge in [-0.3, -0.25) is 4.98 Å². The molecule has 0 saturated heterocycles. The van der Waals surface area contributed by atoms with E-state index in [1.165, 1.54) is 6.39 Å². The molecule has 3 heterocycles. The van der Waals surface area contributed by atoms with Crippen molar-refractivity contribution in [3.05, 3.63) is 101 Å². The quantitative estimate of drug-likeness (QED) is 0.380. The molecule has 0 radical (unpaired) electrons. The first kappa shape index (κ1) is 18.2. The van der Waals surface area contributed by atoms with Gasteiger partial charge in [0.25, 0.3) is 0 Å². The molecule has 0 aliphatic rings. The molecule has 0 N–H and O–H groups in total. The predicted octanol–water partition coefficient (Wildman–Crippen LogP) is 5.24. The third-order valence-electron chi connectivity index (χ3n) is 4.54. The van der Waals surface area contributed by atoms with Crippen LogP contribution in [0.15, 0.2) is 83.2 Å². The summed E-state index contributed by atoms with van der Waals surface area (Å²) >= 11 is 1.54. The second-order valence-corrected chi connectivity index (χ2v) is 7.43. The zero-order valence-electron chi connectivity index (χ0n) is 15.8. The lowest BCUT2D eigenvalue weighted by Gasteiger charge is -2.08. The minimum atomic E-state index is 0.400. The van der Waals surface area contributed by atoms with Crippen LogP contribution in [0.4, 0.5) is 0 Å². The van der Waals surface area contributed by atoms with Gasteiger partial charge < -0.3 is 9.15 Å². The zero-order chi connectivity index (χ0) is 20.2. The number of rotatable bonds is 6. The van der Waals surface area contributed by atoms with Crippen molar-refractivity contribution < 1.29 is 9.15 Å². The van der Waals surface area contributed by atoms with Crippen molar-refractivity contribution in [1.29, 1.82) is 0 Å². The predicted molar refractivity (Wildman–Crippen MR) is 116 cm³/mol. The Kier molecular flexibility index (Phi) is 5.01. The molecule has 0 amide bonds. The van der Waals surface area contributed by atoms with Crippen LogP contribution in [-0.2, 0) is 6.61 Å². The molecule has 0 fully saturated rings. The molecule has 0 aliphatic heterocycles. The van der Waals surface area contributed by atoms with Crippen molar-refractivity contribution in [2.45, 2.75) is 6.61 Å². The van der Waals surface area contributed by atoms with Crippen LogP contribution in [0.1, 0.15) is 22.0 Å². The van der Waals surface area contributed by atoms with Crippen molar-refractivity contribution in [2.75, 3.05) is 0 Å². The highest BCUT2D eigenvalue weighted by molar-refractivity contribution is 7.10. The van der Waals surface area contributed by atoms with Gasteiger partial charge in [-0.05, 0) is 35.9 Å². The van der Waals surface area contributed by atoms with Crippen LogP contribution >= 0.6 is 11.3 Å². The highest BCUT2D eigenvalue weighted by Gasteiger charge is 2.12. The maximum atomic E-state index is 5.93. The molecule has 5 aromatic rings. The summed E-state index contributed by atoms with van der Waals surface area (Å²) in [5.74, 6) is 1.22. The van der Waals surface area contributed by atoms with Crippen LogP contribution < -0.4 is 4.74 Å². The van der Waals surface area contributed by atoms with Gasteiger partial charge in [-0.15, -0.1) is 21.5 Å². The summed E-state index contributed by atoms with van der Waals surface area (Å²) in [6.45, 7) is 0.400. The molecule has 3 aromatic heterocycles. The highest BCUT2D eigenvalue weighted by Crippen LogP contribution is 2.27. The Morgan fingerprint density at radius 1 is 1.03 bits per heavy atom. The number of para-hydroxylation sites is 1. The second kappa shape index (κ2) is 8.26. The molecule has 0 aliphatic carbocycles. The number of pyridine rings is 1. The minimum Gasteiger partial charge on any atom is -0.487 e. The lowest BCUT2D eigenvalue weighted by molar-refractivity contribution is 0.302. The van der Waals surface area contributed by atoms with E-state index in [2.05, 4.69) is 26.2 Å². The van der Waals surface area contributed by atoms with E-state index in [0.717, 1.165) is 38.4 Å². The standard InChI is InChI=1S/C23H16N4O2S/c1-2-4-22-17(3-1)5-8-18(26-22)13-28-19-9-6-16(7-10-19)21(23-27-25-14-29-23)11-20-12-24-15-30-20/h1-12,14-15H,13H2/b21-11-. The summed E-state index contributed by atoms with van der Waals surface area (Å²) in [7, 11) is 0. The Balaban J connectivity index is 1.35. The summed E-state index contributed by atoms with van der Waals surface area (Å²) in [6.07, 6.45) is 5.11. The molecule has 0 bridgehead atoms. The van der Waals surface area contributed by atoms with E-state index in [9.17, 15) is 0 Å². The van der Waals surface area contributed by atoms with Gasteiger partial charge in [0.15, 0.2) is 0 Å². The molecular weight excluding hydrogens is 396 g/mol. The number of fused-ring (bicyclic) bond motifs is 1. The average Bonchev–Trinajstić information content (AvgIpc) is 3.51. The average molecular weight is 412 g/mol. The Labute approximate surface area is 176 Å². The number of benzene rings is 2. The minimum absolute atomic E-state index is 0.400. The van der Waals surface area contributed by atoms with Gasteiger partial charge in [-0.2, -0.15) is 0 Å². The molecule has 30 heavy (non-hydrogen) atoms. The third kappa shape index (κ3) is 3.97. The molecule has 146 valence electrons. The van der Waals surface area contributed by atoms with Crippen molar-refractivity contribution in [1.82, 2.24) is 20.2 Å². The zero-order valence-corrected chi connectivity index (χ0v) is 16.6. The highest BCUT2D eigenvalue weighted by atomic mass is 32.1. The number of hydrogen-bond acceptors (Lipinski definition) is 7. The van der Waals surface area contributed by atoms with Crippen molar-refractivity contribution in [2.24, 2.45) is 0 Å². The van der Waals surface area contributed by atoms with Gasteiger partial charge in [-0.1, -0.05) is 36.4 Å². The smallest absolute Gasteiger partial charge is 0.248 e. The molecule has 7 heteroatoms. The molecule has 0 saturated carbocycles. The SMILES string of the molecule is C(=C(\c1ccc(OCc2ccc3ccccc3n2)cc1)c1nnco1)/c1cncs1. The van der Waals surface area contributed by atoms with Crippen molar-refractivity contribution in [3.63, 3.8) is 0 Å². The van der Waals surface area contributed by atoms with E-state index in [0.29, 0.717) is 12.5 Å². The normalized spacial score (nSPS) is 11.7. The fourth-order valence-electron chi connectivity index (χ4n) is 3.07. The lowest BCUT2D eigenvalue weighted by atomic mass is 10.1. The van der Waals surface area contributed by atoms with Crippen LogP contribution in [-0.4, -0.2) is 20.2 Å². The van der Waals surface area contributed by atoms with E-state index >= 15 is 0 Å². The molecule has 2 aromatic carbocycles. The van der Waals surface area contributed by atoms with Crippen LogP contribution in [0.2, 0.25) is 0 Å². The van der Waals surface area contributed by atoms with E-state index < -0.39 is 0 Å². The summed E-state index contributed by atoms with van der Waals surface area (Å²) in [5, 5.41) is 8.97. The van der Waals surface area contributed by atoms with Gasteiger partial charge in [0.05, 0.1) is 16.7 Å². The van der Waals surface area contributed by atoms with Gasteiger partial charge in [-0.25, -0.2) is 4.98 Å². The molecular formula is C23H16N4O2S. The molecule has 0 spiro atoms. The first-order valence-corrected chi connectivity index (χ1v) is 10.2. The summed E-state index contributed by atoms with van der Waals surface area (Å²) in [6, 6.07) is 19.9. The lowest BCUT2D eigenvalue weighted by Crippen LogP contribution is -1.98. The topological polar surface area (TPSA) is 73.9 Å². The molecule has 6 nitrogen and oxygen atoms in total. The van der Waals surface area contributed by atoms with Gasteiger partial charge >= 0.3 is 0 Å². The van der Waals surface area contributed by atoms with Gasteiger partial charge in [0.1, 0.15) is 12.4 Å². The summed E-state index contributed by atoms with van der Waals surface area (Å²) in [4.78, 5) is 9.77. The van der Waals surface area contributed by atoms with Crippen LogP contribution in [0, 0.1) is 0 Å². The van der Waals surface area contributed by atoms with Gasteiger partial charge in [0, 0.05) is 22.0 Å². The summed E-state index contributed by atoms with van der Waals surface area (Å²) in [5.41, 5.74) is 5.42. The monoisotopic (exact) mass is 412 g/mol. The Hall–Kier alpha value is -3.84. The third-order valence-corrected chi connectivity index (χ3v) is 5.26. The second-order valence-electron chi connectivity index (χ2n) is 6.51. The summed E-state index contributed by atoms with van der Waals surface area (Å²) < 4.78 is 11.4. The van der Waals surface area contributed by atoms with Crippen LogP contribution in [0.3, 0.4) is 0 Å². The number of hydrogen-bond donors (Lipinski definition) is 0. The van der Waals surface area contributed by atoms with Crippen molar-refractivity contribution in [3.8, 4) is 5.75 Å². The van der Waals surface area contributed by atoms with Crippen molar-refractivity contribution >= 4 is 33.9 Å². The molecule has 5 rings (SSSR count). The van der Waals surface area contributed by atoms with E-state index in [1.807, 2.05) is 60.7 Å². The largest absolute Gasteiger partial charge is 0.487 e. The maximum Gasteiger partial charge on any atom is 0.248 e. The Bertz CT molecular complexity index is 1280. The Morgan fingerprint density at radius 2 is 1.93 bits per heavy atom. The number of aromatic nitrogens is 4. The van der Waals surface area contributed by atoms with E-state index in [4.69, 9.17) is 9.15 Å². The fraction of sp³-hybridized carbons (Fsp3) is 0.0435. The molecule has 0 atom stereocenters. The number of nitrogens with zero attached hydrogens (tertiary/aromatic N) is 4. The number of thiazole rings is 1. The molecule has 0 unspecified atom stereocenters. The van der Waals surface area contributed by atoms with E-state index in [1.54, 1.807) is 23.0 Å².